The van der Waals surface area contributed by atoms with Crippen LogP contribution in [-0.4, -0.2) is 31.5 Å². The van der Waals surface area contributed by atoms with Gasteiger partial charge in [0.15, 0.2) is 17.1 Å². The Morgan fingerprint density at radius 2 is 1.92 bits per heavy atom. The molecule has 7 heteroatoms. The monoisotopic (exact) mass is 352 g/mol. The summed E-state index contributed by atoms with van der Waals surface area (Å²) in [6.07, 6.45) is 2.24. The molecule has 2 aromatic heterocycles. The zero-order valence-electron chi connectivity index (χ0n) is 14.0. The summed E-state index contributed by atoms with van der Waals surface area (Å²) in [6, 6.07) is 9.65. The second-order valence-corrected chi connectivity index (χ2v) is 6.26. The number of rotatable bonds is 3. The first-order valence-corrected chi connectivity index (χ1v) is 8.20. The van der Waals surface area contributed by atoms with Crippen LogP contribution < -0.4 is 4.74 Å². The summed E-state index contributed by atoms with van der Waals surface area (Å²) in [5, 5.41) is 19.0. The molecule has 26 heavy (non-hydrogen) atoms. The number of aromatic carboxylic acids is 2. The van der Waals surface area contributed by atoms with Crippen molar-refractivity contribution in [2.45, 2.75) is 25.9 Å². The van der Waals surface area contributed by atoms with Crippen LogP contribution in [0.4, 0.5) is 0 Å². The maximum absolute atomic E-state index is 11.7. The van der Waals surface area contributed by atoms with Crippen molar-refractivity contribution in [2.75, 3.05) is 0 Å². The van der Waals surface area contributed by atoms with E-state index < -0.39 is 11.9 Å². The number of aromatic nitrogens is 2. The van der Waals surface area contributed by atoms with Gasteiger partial charge in [0.25, 0.3) is 0 Å². The van der Waals surface area contributed by atoms with Crippen molar-refractivity contribution in [1.29, 1.82) is 0 Å². The number of nitrogens with zero attached hydrogens (tertiary/aromatic N) is 2. The number of carboxylic acid groups (broad SMARTS) is 2. The molecule has 0 amide bonds. The van der Waals surface area contributed by atoms with Gasteiger partial charge in [0, 0.05) is 11.8 Å². The first kappa shape index (κ1) is 16.1. The van der Waals surface area contributed by atoms with Gasteiger partial charge in [-0.15, -0.1) is 0 Å². The number of pyridine rings is 1. The number of benzene rings is 1. The van der Waals surface area contributed by atoms with Gasteiger partial charge in [-0.1, -0.05) is 30.3 Å². The van der Waals surface area contributed by atoms with Crippen molar-refractivity contribution >= 4 is 17.6 Å². The van der Waals surface area contributed by atoms with Crippen LogP contribution in [0.2, 0.25) is 0 Å². The topological polar surface area (TPSA) is 101 Å². The summed E-state index contributed by atoms with van der Waals surface area (Å²) in [5.41, 5.74) is 2.17. The summed E-state index contributed by atoms with van der Waals surface area (Å²) in [7, 11) is 0. The maximum Gasteiger partial charge on any atom is 0.354 e. The number of hydrogen-bond acceptors (Lipinski definition) is 4. The van der Waals surface area contributed by atoms with Crippen molar-refractivity contribution < 1.29 is 24.5 Å². The van der Waals surface area contributed by atoms with E-state index in [2.05, 4.69) is 4.98 Å². The smallest absolute Gasteiger partial charge is 0.354 e. The first-order valence-electron chi connectivity index (χ1n) is 8.20. The largest absolute Gasteiger partial charge is 0.481 e. The minimum absolute atomic E-state index is 0.0407. The summed E-state index contributed by atoms with van der Waals surface area (Å²) in [5.74, 6) is -1.94. The Hall–Kier alpha value is -3.35. The van der Waals surface area contributed by atoms with Gasteiger partial charge in [-0.25, -0.2) is 14.6 Å². The average molecular weight is 352 g/mol. The lowest BCUT2D eigenvalue weighted by molar-refractivity contribution is 0.0674. The minimum atomic E-state index is -1.17. The molecule has 0 radical (unpaired) electrons. The number of ether oxygens (including phenoxy) is 1. The summed E-state index contributed by atoms with van der Waals surface area (Å²) in [4.78, 5) is 27.6. The predicted molar refractivity (Wildman–Crippen MR) is 92.0 cm³/mol. The Labute approximate surface area is 148 Å². The van der Waals surface area contributed by atoms with Crippen LogP contribution in [0.3, 0.4) is 0 Å². The zero-order chi connectivity index (χ0) is 18.4. The van der Waals surface area contributed by atoms with Crippen LogP contribution in [-0.2, 0) is 6.42 Å². The Bertz CT molecular complexity index is 1040. The molecule has 1 atom stereocenters. The van der Waals surface area contributed by atoms with Crippen LogP contribution in [0.15, 0.2) is 36.5 Å². The lowest BCUT2D eigenvalue weighted by Crippen LogP contribution is -2.19. The molecule has 3 aromatic rings. The molecule has 0 spiro atoms. The van der Waals surface area contributed by atoms with E-state index in [1.54, 1.807) is 6.92 Å². The fourth-order valence-electron chi connectivity index (χ4n) is 3.49. The van der Waals surface area contributed by atoms with Gasteiger partial charge in [-0.3, -0.25) is 4.40 Å². The highest BCUT2D eigenvalue weighted by molar-refractivity contribution is 5.93. The van der Waals surface area contributed by atoms with Gasteiger partial charge < -0.3 is 14.9 Å². The quantitative estimate of drug-likeness (QED) is 0.751. The third kappa shape index (κ3) is 2.40. The van der Waals surface area contributed by atoms with Crippen LogP contribution >= 0.6 is 0 Å². The van der Waals surface area contributed by atoms with E-state index >= 15 is 0 Å². The number of carbonyl (C=O) groups is 2. The molecule has 3 heterocycles. The first-order chi connectivity index (χ1) is 12.5. The molecular formula is C19H16N2O5. The Morgan fingerprint density at radius 3 is 2.58 bits per heavy atom. The molecule has 1 aliphatic rings. The second kappa shape index (κ2) is 5.87. The third-order valence-electron chi connectivity index (χ3n) is 4.67. The Balaban J connectivity index is 1.94. The van der Waals surface area contributed by atoms with Crippen LogP contribution in [0.5, 0.6) is 5.75 Å². The molecule has 0 saturated carbocycles. The van der Waals surface area contributed by atoms with E-state index in [0.717, 1.165) is 5.56 Å². The molecular weight excluding hydrogens is 336 g/mol. The van der Waals surface area contributed by atoms with Gasteiger partial charge in [-0.2, -0.15) is 0 Å². The summed E-state index contributed by atoms with van der Waals surface area (Å²) in [6.45, 7) is 1.58. The molecule has 7 nitrogen and oxygen atoms in total. The fraction of sp³-hybridized carbons (Fsp3) is 0.211. The third-order valence-corrected chi connectivity index (χ3v) is 4.67. The molecule has 1 aromatic carbocycles. The Morgan fingerprint density at radius 1 is 1.19 bits per heavy atom. The molecule has 0 saturated heterocycles. The molecule has 1 unspecified atom stereocenters. The number of hydrogen-bond donors (Lipinski definition) is 2. The van der Waals surface area contributed by atoms with Gasteiger partial charge in [0.05, 0.1) is 11.3 Å². The van der Waals surface area contributed by atoms with Crippen LogP contribution in [0.1, 0.15) is 50.2 Å². The summed E-state index contributed by atoms with van der Waals surface area (Å²) < 4.78 is 7.43. The van der Waals surface area contributed by atoms with Gasteiger partial charge in [0.1, 0.15) is 6.10 Å². The summed E-state index contributed by atoms with van der Waals surface area (Å²) >= 11 is 0. The van der Waals surface area contributed by atoms with Gasteiger partial charge in [-0.05, 0) is 25.3 Å². The SMILES string of the molecule is Cc1nc2c3c(c(C(=O)O)cn2c1C(=O)O)CCC(c1ccccc1)O3. The lowest BCUT2D eigenvalue weighted by Gasteiger charge is -2.27. The molecule has 0 aliphatic carbocycles. The normalized spacial score (nSPS) is 16.1. The predicted octanol–water partition coefficient (Wildman–Crippen LogP) is 3.11. The number of carboxylic acids is 2. The number of fused-ring (bicyclic) bond motifs is 3. The maximum atomic E-state index is 11.7. The fourth-order valence-corrected chi connectivity index (χ4v) is 3.49. The van der Waals surface area contributed by atoms with E-state index in [0.29, 0.717) is 35.5 Å². The average Bonchev–Trinajstić information content (AvgIpc) is 2.97. The van der Waals surface area contributed by atoms with E-state index in [-0.39, 0.29) is 17.4 Å². The molecule has 0 fully saturated rings. The van der Waals surface area contributed by atoms with E-state index in [1.807, 2.05) is 30.3 Å². The highest BCUT2D eigenvalue weighted by Crippen LogP contribution is 2.40. The van der Waals surface area contributed by atoms with Crippen molar-refractivity contribution in [3.8, 4) is 5.75 Å². The van der Waals surface area contributed by atoms with Gasteiger partial charge >= 0.3 is 11.9 Å². The van der Waals surface area contributed by atoms with Crippen molar-refractivity contribution in [1.82, 2.24) is 9.38 Å². The zero-order valence-corrected chi connectivity index (χ0v) is 14.0. The lowest BCUT2D eigenvalue weighted by atomic mass is 9.95. The standard InChI is InChI=1S/C19H16N2O5/c1-10-15(19(24)25)21-9-13(18(22)23)12-7-8-14(11-5-3-2-4-6-11)26-16(12)17(21)20-10/h2-6,9,14H,7-8H2,1H3,(H,22,23)(H,24,25). The highest BCUT2D eigenvalue weighted by Gasteiger charge is 2.30. The number of imidazole rings is 1. The Kier molecular flexibility index (Phi) is 3.64. The molecule has 1 aliphatic heterocycles. The van der Waals surface area contributed by atoms with Crippen LogP contribution in [0.25, 0.3) is 5.65 Å². The second-order valence-electron chi connectivity index (χ2n) is 6.26. The molecule has 4 rings (SSSR count). The van der Waals surface area contributed by atoms with Crippen molar-refractivity contribution in [3.63, 3.8) is 0 Å². The van der Waals surface area contributed by atoms with Crippen LogP contribution in [0, 0.1) is 6.92 Å². The van der Waals surface area contributed by atoms with E-state index in [9.17, 15) is 19.8 Å². The van der Waals surface area contributed by atoms with Crippen molar-refractivity contribution in [2.24, 2.45) is 0 Å². The number of aryl methyl sites for hydroxylation is 1. The molecule has 2 N–H and O–H groups in total. The van der Waals surface area contributed by atoms with Crippen molar-refractivity contribution in [3.05, 3.63) is 64.6 Å². The minimum Gasteiger partial charge on any atom is -0.481 e. The van der Waals surface area contributed by atoms with E-state index in [4.69, 9.17) is 4.74 Å². The molecule has 132 valence electrons. The molecule has 0 bridgehead atoms. The van der Waals surface area contributed by atoms with E-state index in [1.165, 1.54) is 10.6 Å². The highest BCUT2D eigenvalue weighted by atomic mass is 16.5. The van der Waals surface area contributed by atoms with Gasteiger partial charge in [0.2, 0.25) is 0 Å².